The van der Waals surface area contributed by atoms with Gasteiger partial charge >= 0.3 is 0 Å². The Labute approximate surface area is 120 Å². The molecule has 1 aromatic rings. The maximum atomic E-state index is 9.17. The first-order chi connectivity index (χ1) is 9.76. The zero-order chi connectivity index (χ0) is 13.9. The van der Waals surface area contributed by atoms with Crippen LogP contribution >= 0.6 is 0 Å². The first-order valence-electron chi connectivity index (χ1n) is 7.36. The number of aryl methyl sites for hydroxylation is 1. The molecular formula is C16H21N3O. The van der Waals surface area contributed by atoms with Gasteiger partial charge in [0, 0.05) is 19.1 Å². The zero-order valence-corrected chi connectivity index (χ0v) is 11.9. The number of nitrogens with one attached hydrogen (secondary N) is 1. The monoisotopic (exact) mass is 271 g/mol. The Bertz CT molecular complexity index is 523. The fraction of sp³-hybridized carbons (Fsp3) is 0.562. The van der Waals surface area contributed by atoms with Gasteiger partial charge in [0.15, 0.2) is 0 Å². The SMILES string of the molecule is Cc1ccc(NCC2CN3CCCC3CO2)c(C#N)c1. The highest BCUT2D eigenvalue weighted by Crippen LogP contribution is 2.23. The molecule has 0 aliphatic carbocycles. The van der Waals surface area contributed by atoms with Crippen LogP contribution in [0.25, 0.3) is 0 Å². The number of morpholine rings is 1. The first-order valence-corrected chi connectivity index (χ1v) is 7.36. The van der Waals surface area contributed by atoms with Gasteiger partial charge in [-0.05, 0) is 44.0 Å². The largest absolute Gasteiger partial charge is 0.381 e. The van der Waals surface area contributed by atoms with Crippen LogP contribution in [0.4, 0.5) is 5.69 Å². The quantitative estimate of drug-likeness (QED) is 0.915. The second kappa shape index (κ2) is 5.82. The summed E-state index contributed by atoms with van der Waals surface area (Å²) in [7, 11) is 0. The van der Waals surface area contributed by atoms with Gasteiger partial charge in [-0.3, -0.25) is 4.90 Å². The van der Waals surface area contributed by atoms with Crippen LogP contribution in [-0.2, 0) is 4.74 Å². The molecule has 2 fully saturated rings. The molecule has 4 nitrogen and oxygen atoms in total. The topological polar surface area (TPSA) is 48.3 Å². The van der Waals surface area contributed by atoms with E-state index in [-0.39, 0.29) is 6.10 Å². The number of hydrogen-bond acceptors (Lipinski definition) is 4. The average Bonchev–Trinajstić information content (AvgIpc) is 2.93. The van der Waals surface area contributed by atoms with E-state index in [0.717, 1.165) is 30.9 Å². The van der Waals surface area contributed by atoms with Crippen molar-refractivity contribution in [3.05, 3.63) is 29.3 Å². The molecule has 0 bridgehead atoms. The van der Waals surface area contributed by atoms with E-state index in [1.807, 2.05) is 25.1 Å². The second-order valence-corrected chi connectivity index (χ2v) is 5.79. The van der Waals surface area contributed by atoms with Crippen molar-refractivity contribution in [1.82, 2.24) is 4.90 Å². The number of rotatable bonds is 3. The minimum Gasteiger partial charge on any atom is -0.381 e. The molecule has 1 aromatic carbocycles. The molecule has 2 unspecified atom stereocenters. The molecule has 0 spiro atoms. The molecule has 2 aliphatic rings. The Morgan fingerprint density at radius 1 is 1.50 bits per heavy atom. The van der Waals surface area contributed by atoms with Crippen LogP contribution in [0.1, 0.15) is 24.0 Å². The van der Waals surface area contributed by atoms with Crippen LogP contribution in [0.15, 0.2) is 18.2 Å². The van der Waals surface area contributed by atoms with Crippen LogP contribution in [0.2, 0.25) is 0 Å². The van der Waals surface area contributed by atoms with Gasteiger partial charge in [0.1, 0.15) is 6.07 Å². The van der Waals surface area contributed by atoms with Gasteiger partial charge in [-0.2, -0.15) is 5.26 Å². The molecule has 0 aromatic heterocycles. The summed E-state index contributed by atoms with van der Waals surface area (Å²) >= 11 is 0. The van der Waals surface area contributed by atoms with E-state index in [0.29, 0.717) is 11.6 Å². The van der Waals surface area contributed by atoms with Gasteiger partial charge in [0.05, 0.1) is 24.0 Å². The van der Waals surface area contributed by atoms with Crippen molar-refractivity contribution in [1.29, 1.82) is 5.26 Å². The molecule has 3 rings (SSSR count). The smallest absolute Gasteiger partial charge is 0.101 e. The minimum atomic E-state index is 0.220. The molecule has 1 N–H and O–H groups in total. The van der Waals surface area contributed by atoms with Crippen LogP contribution in [0.3, 0.4) is 0 Å². The maximum absolute atomic E-state index is 9.17. The third-order valence-corrected chi connectivity index (χ3v) is 4.28. The highest BCUT2D eigenvalue weighted by molar-refractivity contribution is 5.58. The molecular weight excluding hydrogens is 250 g/mol. The molecule has 0 saturated carbocycles. The Kier molecular flexibility index (Phi) is 3.90. The van der Waals surface area contributed by atoms with Crippen LogP contribution in [0, 0.1) is 18.3 Å². The van der Waals surface area contributed by atoms with E-state index in [1.54, 1.807) is 0 Å². The number of hydrogen-bond donors (Lipinski definition) is 1. The van der Waals surface area contributed by atoms with Crippen molar-refractivity contribution in [2.24, 2.45) is 0 Å². The van der Waals surface area contributed by atoms with Crippen molar-refractivity contribution in [2.75, 3.05) is 31.6 Å². The summed E-state index contributed by atoms with van der Waals surface area (Å²) in [5.74, 6) is 0. The number of anilines is 1. The first kappa shape index (κ1) is 13.4. The molecule has 2 saturated heterocycles. The van der Waals surface area contributed by atoms with Crippen LogP contribution < -0.4 is 5.32 Å². The molecule has 2 atom stereocenters. The van der Waals surface area contributed by atoms with Crippen molar-refractivity contribution in [2.45, 2.75) is 31.9 Å². The zero-order valence-electron chi connectivity index (χ0n) is 11.9. The van der Waals surface area contributed by atoms with E-state index in [9.17, 15) is 5.26 Å². The van der Waals surface area contributed by atoms with Crippen molar-refractivity contribution < 1.29 is 4.74 Å². The molecule has 106 valence electrons. The number of benzene rings is 1. The van der Waals surface area contributed by atoms with Gasteiger partial charge in [0.25, 0.3) is 0 Å². The van der Waals surface area contributed by atoms with Crippen molar-refractivity contribution in [3.8, 4) is 6.07 Å². The van der Waals surface area contributed by atoms with E-state index in [4.69, 9.17) is 4.74 Å². The molecule has 4 heteroatoms. The number of fused-ring (bicyclic) bond motifs is 1. The van der Waals surface area contributed by atoms with Gasteiger partial charge in [-0.25, -0.2) is 0 Å². The highest BCUT2D eigenvalue weighted by atomic mass is 16.5. The third kappa shape index (κ3) is 2.79. The summed E-state index contributed by atoms with van der Waals surface area (Å²) in [5.41, 5.74) is 2.73. The van der Waals surface area contributed by atoms with Gasteiger partial charge < -0.3 is 10.1 Å². The highest BCUT2D eigenvalue weighted by Gasteiger charge is 2.31. The number of ether oxygens (including phenoxy) is 1. The minimum absolute atomic E-state index is 0.220. The summed E-state index contributed by atoms with van der Waals surface area (Å²) in [6.45, 7) is 5.83. The molecule has 0 amide bonds. The molecule has 2 aliphatic heterocycles. The Balaban J connectivity index is 1.58. The predicted octanol–water partition coefficient (Wildman–Crippen LogP) is 2.14. The summed E-state index contributed by atoms with van der Waals surface area (Å²) in [6.07, 6.45) is 2.79. The van der Waals surface area contributed by atoms with Crippen molar-refractivity contribution in [3.63, 3.8) is 0 Å². The summed E-state index contributed by atoms with van der Waals surface area (Å²) in [6, 6.07) is 8.81. The lowest BCUT2D eigenvalue weighted by atomic mass is 10.1. The van der Waals surface area contributed by atoms with E-state index in [1.165, 1.54) is 19.4 Å². The maximum Gasteiger partial charge on any atom is 0.101 e. The van der Waals surface area contributed by atoms with E-state index in [2.05, 4.69) is 16.3 Å². The number of nitriles is 1. The van der Waals surface area contributed by atoms with Crippen LogP contribution in [-0.4, -0.2) is 43.3 Å². The van der Waals surface area contributed by atoms with Gasteiger partial charge in [-0.15, -0.1) is 0 Å². The summed E-state index contributed by atoms with van der Waals surface area (Å²) in [4.78, 5) is 2.54. The Hall–Kier alpha value is -1.57. The third-order valence-electron chi connectivity index (χ3n) is 4.28. The molecule has 0 radical (unpaired) electrons. The summed E-state index contributed by atoms with van der Waals surface area (Å²) < 4.78 is 5.92. The fourth-order valence-corrected chi connectivity index (χ4v) is 3.14. The van der Waals surface area contributed by atoms with Crippen LogP contribution in [0.5, 0.6) is 0 Å². The summed E-state index contributed by atoms with van der Waals surface area (Å²) in [5, 5.41) is 12.5. The molecule has 2 heterocycles. The van der Waals surface area contributed by atoms with E-state index < -0.39 is 0 Å². The lowest BCUT2D eigenvalue weighted by molar-refractivity contribution is -0.0415. The van der Waals surface area contributed by atoms with Gasteiger partial charge in [-0.1, -0.05) is 6.07 Å². The lowest BCUT2D eigenvalue weighted by Gasteiger charge is -2.35. The Morgan fingerprint density at radius 3 is 3.25 bits per heavy atom. The van der Waals surface area contributed by atoms with Crippen molar-refractivity contribution >= 4 is 5.69 Å². The fourth-order valence-electron chi connectivity index (χ4n) is 3.14. The molecule has 20 heavy (non-hydrogen) atoms. The number of nitrogens with zero attached hydrogens (tertiary/aromatic N) is 2. The average molecular weight is 271 g/mol. The Morgan fingerprint density at radius 2 is 2.40 bits per heavy atom. The standard InChI is InChI=1S/C16H21N3O/c1-12-4-5-16(13(7-12)8-17)18-9-15-10-19-6-2-3-14(19)11-20-15/h4-5,7,14-15,18H,2-3,6,9-11H2,1H3. The van der Waals surface area contributed by atoms with Gasteiger partial charge in [0.2, 0.25) is 0 Å². The van der Waals surface area contributed by atoms with E-state index >= 15 is 0 Å². The lowest BCUT2D eigenvalue weighted by Crippen LogP contribution is -2.48. The second-order valence-electron chi connectivity index (χ2n) is 5.79. The predicted molar refractivity (Wildman–Crippen MR) is 78.7 cm³/mol. The normalized spacial score (nSPS) is 26.0.